The molecule has 0 radical (unpaired) electrons. The average molecular weight is 396 g/mol. The van der Waals surface area contributed by atoms with Gasteiger partial charge in [-0.25, -0.2) is 0 Å². The van der Waals surface area contributed by atoms with E-state index in [1.165, 1.54) is 10.9 Å². The smallest absolute Gasteiger partial charge is 0.219 e. The highest BCUT2D eigenvalue weighted by molar-refractivity contribution is 5.84. The molecule has 1 heterocycles. The zero-order valence-corrected chi connectivity index (χ0v) is 17.5. The van der Waals surface area contributed by atoms with Gasteiger partial charge in [-0.1, -0.05) is 24.3 Å². The molecule has 0 unspecified atom stereocenters. The molecule has 0 bridgehead atoms. The number of fused-ring (bicyclic) bond motifs is 1. The zero-order valence-electron chi connectivity index (χ0n) is 17.5. The predicted octanol–water partition coefficient (Wildman–Crippen LogP) is 3.73. The van der Waals surface area contributed by atoms with Gasteiger partial charge in [0.25, 0.3) is 0 Å². The van der Waals surface area contributed by atoms with E-state index in [0.29, 0.717) is 13.0 Å². The van der Waals surface area contributed by atoms with E-state index in [4.69, 9.17) is 15.2 Å². The van der Waals surface area contributed by atoms with Crippen molar-refractivity contribution in [2.45, 2.75) is 32.5 Å². The minimum Gasteiger partial charge on any atom is -0.497 e. The van der Waals surface area contributed by atoms with Crippen LogP contribution in [-0.4, -0.2) is 36.6 Å². The lowest BCUT2D eigenvalue weighted by atomic mass is 10.0. The average Bonchev–Trinajstić information content (AvgIpc) is 3.08. The number of aryl methyl sites for hydroxylation is 1. The van der Waals surface area contributed by atoms with Gasteiger partial charge in [-0.2, -0.15) is 0 Å². The van der Waals surface area contributed by atoms with Crippen molar-refractivity contribution in [3.05, 3.63) is 59.8 Å². The molecule has 6 heteroatoms. The van der Waals surface area contributed by atoms with E-state index in [1.54, 1.807) is 14.2 Å². The van der Waals surface area contributed by atoms with Gasteiger partial charge in [0.05, 0.1) is 14.2 Å². The summed E-state index contributed by atoms with van der Waals surface area (Å²) in [6, 6.07) is 14.3. The lowest BCUT2D eigenvalue weighted by Gasteiger charge is -2.26. The number of primary amides is 1. The Balaban J connectivity index is 1.86. The van der Waals surface area contributed by atoms with Gasteiger partial charge in [0.1, 0.15) is 11.5 Å². The van der Waals surface area contributed by atoms with Crippen LogP contribution >= 0.6 is 0 Å². The second kappa shape index (κ2) is 9.01. The van der Waals surface area contributed by atoms with Gasteiger partial charge in [-0.05, 0) is 31.7 Å². The normalized spacial score (nSPS) is 12.3. The number of carbonyl (C=O) groups is 1. The number of nitrogens with zero attached hydrogens (tertiary/aromatic N) is 2. The molecule has 0 aliphatic heterocycles. The van der Waals surface area contributed by atoms with Gasteiger partial charge in [-0.3, -0.25) is 9.69 Å². The molecule has 3 rings (SSSR count). The molecular weight excluding hydrogens is 366 g/mol. The summed E-state index contributed by atoms with van der Waals surface area (Å²) >= 11 is 0. The van der Waals surface area contributed by atoms with Crippen LogP contribution in [0.1, 0.15) is 30.5 Å². The molecule has 0 aliphatic rings. The molecule has 2 aromatic carbocycles. The van der Waals surface area contributed by atoms with E-state index in [9.17, 15) is 4.79 Å². The van der Waals surface area contributed by atoms with Crippen molar-refractivity contribution in [1.82, 2.24) is 9.47 Å². The standard InChI is InChI=1S/C23H29N3O3/c1-16(19-10-9-18(28-3)13-22(19)29-4)25(2)14-17-15-26(12-11-23(24)27)21-8-6-5-7-20(17)21/h5-10,13,15-16H,11-12,14H2,1-4H3,(H2,24,27)/t16-/m0/s1. The van der Waals surface area contributed by atoms with Crippen LogP contribution in [0.25, 0.3) is 10.9 Å². The molecule has 1 aromatic heterocycles. The molecule has 0 aliphatic carbocycles. The highest BCUT2D eigenvalue weighted by Crippen LogP contribution is 2.33. The minimum atomic E-state index is -0.290. The SMILES string of the molecule is COc1ccc([C@H](C)N(C)Cc2cn(CCC(N)=O)c3ccccc23)c(OC)c1. The summed E-state index contributed by atoms with van der Waals surface area (Å²) in [7, 11) is 5.43. The molecule has 1 atom stereocenters. The number of aromatic nitrogens is 1. The fourth-order valence-electron chi connectivity index (χ4n) is 3.67. The lowest BCUT2D eigenvalue weighted by molar-refractivity contribution is -0.118. The second-order valence-corrected chi connectivity index (χ2v) is 7.28. The van der Waals surface area contributed by atoms with E-state index in [1.807, 2.05) is 24.3 Å². The maximum Gasteiger partial charge on any atom is 0.219 e. The van der Waals surface area contributed by atoms with E-state index >= 15 is 0 Å². The number of para-hydroxylation sites is 1. The summed E-state index contributed by atoms with van der Waals surface area (Å²) in [6.45, 7) is 3.51. The summed E-state index contributed by atoms with van der Waals surface area (Å²) in [6.07, 6.45) is 2.45. The first kappa shape index (κ1) is 20.7. The molecule has 3 aromatic rings. The molecule has 0 saturated heterocycles. The Morgan fingerprint density at radius 3 is 2.62 bits per heavy atom. The van der Waals surface area contributed by atoms with Gasteiger partial charge in [0.2, 0.25) is 5.91 Å². The topological polar surface area (TPSA) is 69.7 Å². The van der Waals surface area contributed by atoms with Crippen molar-refractivity contribution in [1.29, 1.82) is 0 Å². The number of methoxy groups -OCH3 is 2. The first-order valence-corrected chi connectivity index (χ1v) is 9.71. The quantitative estimate of drug-likeness (QED) is 0.599. The third-order valence-electron chi connectivity index (χ3n) is 5.44. The predicted molar refractivity (Wildman–Crippen MR) is 115 cm³/mol. The number of nitrogens with two attached hydrogens (primary N) is 1. The summed E-state index contributed by atoms with van der Waals surface area (Å²) in [5, 5.41) is 1.19. The van der Waals surface area contributed by atoms with E-state index in [0.717, 1.165) is 29.1 Å². The van der Waals surface area contributed by atoms with Crippen LogP contribution < -0.4 is 15.2 Å². The Morgan fingerprint density at radius 2 is 1.93 bits per heavy atom. The fraction of sp³-hybridized carbons (Fsp3) is 0.348. The lowest BCUT2D eigenvalue weighted by Crippen LogP contribution is -2.22. The molecule has 0 spiro atoms. The van der Waals surface area contributed by atoms with Crippen molar-refractivity contribution in [3.8, 4) is 11.5 Å². The Bertz CT molecular complexity index is 996. The maximum atomic E-state index is 11.2. The highest BCUT2D eigenvalue weighted by atomic mass is 16.5. The summed E-state index contributed by atoms with van der Waals surface area (Å²) < 4.78 is 13.0. The molecule has 1 amide bonds. The number of rotatable bonds is 9. The number of hydrogen-bond acceptors (Lipinski definition) is 4. The van der Waals surface area contributed by atoms with Crippen LogP contribution in [0.15, 0.2) is 48.7 Å². The van der Waals surface area contributed by atoms with Crippen molar-refractivity contribution >= 4 is 16.8 Å². The summed E-state index contributed by atoms with van der Waals surface area (Å²) in [5.41, 5.74) is 8.78. The van der Waals surface area contributed by atoms with Gasteiger partial charge in [-0.15, -0.1) is 0 Å². The van der Waals surface area contributed by atoms with Gasteiger partial charge >= 0.3 is 0 Å². The van der Waals surface area contributed by atoms with Crippen molar-refractivity contribution in [3.63, 3.8) is 0 Å². The van der Waals surface area contributed by atoms with Gasteiger partial charge in [0.15, 0.2) is 0 Å². The van der Waals surface area contributed by atoms with Crippen LogP contribution in [0.4, 0.5) is 0 Å². The van der Waals surface area contributed by atoms with Crippen molar-refractivity contribution in [2.24, 2.45) is 5.73 Å². The number of amides is 1. The Labute approximate surface area is 171 Å². The number of hydrogen-bond donors (Lipinski definition) is 1. The zero-order chi connectivity index (χ0) is 21.0. The number of ether oxygens (including phenoxy) is 2. The van der Waals surface area contributed by atoms with Crippen LogP contribution in [0.3, 0.4) is 0 Å². The van der Waals surface area contributed by atoms with Crippen LogP contribution in [0.5, 0.6) is 11.5 Å². The first-order chi connectivity index (χ1) is 13.9. The first-order valence-electron chi connectivity index (χ1n) is 9.71. The summed E-state index contributed by atoms with van der Waals surface area (Å²) in [4.78, 5) is 13.5. The minimum absolute atomic E-state index is 0.142. The molecular formula is C23H29N3O3. The largest absolute Gasteiger partial charge is 0.497 e. The fourth-order valence-corrected chi connectivity index (χ4v) is 3.67. The third-order valence-corrected chi connectivity index (χ3v) is 5.44. The van der Waals surface area contributed by atoms with E-state index in [2.05, 4.69) is 47.8 Å². The number of carbonyl (C=O) groups excluding carboxylic acids is 1. The third kappa shape index (κ3) is 4.54. The molecule has 2 N–H and O–H groups in total. The molecule has 154 valence electrons. The Hall–Kier alpha value is -2.99. The van der Waals surface area contributed by atoms with Crippen molar-refractivity contribution < 1.29 is 14.3 Å². The Morgan fingerprint density at radius 1 is 1.17 bits per heavy atom. The van der Waals surface area contributed by atoms with Crippen LogP contribution in [-0.2, 0) is 17.9 Å². The Kier molecular flexibility index (Phi) is 6.44. The molecule has 6 nitrogen and oxygen atoms in total. The van der Waals surface area contributed by atoms with Crippen LogP contribution in [0, 0.1) is 0 Å². The summed E-state index contributed by atoms with van der Waals surface area (Å²) in [5.74, 6) is 1.30. The van der Waals surface area contributed by atoms with Gasteiger partial charge in [0, 0.05) is 54.3 Å². The second-order valence-electron chi connectivity index (χ2n) is 7.28. The monoisotopic (exact) mass is 395 g/mol. The van der Waals surface area contributed by atoms with Gasteiger partial charge < -0.3 is 19.8 Å². The van der Waals surface area contributed by atoms with Crippen LogP contribution in [0.2, 0.25) is 0 Å². The van der Waals surface area contributed by atoms with E-state index < -0.39 is 0 Å². The highest BCUT2D eigenvalue weighted by Gasteiger charge is 2.19. The van der Waals surface area contributed by atoms with Crippen molar-refractivity contribution in [2.75, 3.05) is 21.3 Å². The number of benzene rings is 2. The maximum absolute atomic E-state index is 11.2. The molecule has 0 fully saturated rings. The van der Waals surface area contributed by atoms with E-state index in [-0.39, 0.29) is 11.9 Å². The molecule has 29 heavy (non-hydrogen) atoms. The molecule has 0 saturated carbocycles.